The maximum absolute atomic E-state index is 13.3. The van der Waals surface area contributed by atoms with Gasteiger partial charge in [0.2, 0.25) is 0 Å². The molecule has 5 nitrogen and oxygen atoms in total. The number of benzene rings is 2. The predicted octanol–water partition coefficient (Wildman–Crippen LogP) is 3.39. The zero-order valence-electron chi connectivity index (χ0n) is 14.1. The first kappa shape index (κ1) is 17.0. The van der Waals surface area contributed by atoms with E-state index < -0.39 is 5.82 Å². The van der Waals surface area contributed by atoms with E-state index in [4.69, 9.17) is 11.6 Å². The second kappa shape index (κ2) is 6.38. The Labute approximate surface area is 157 Å². The minimum atomic E-state index is -0.527. The smallest absolute Gasteiger partial charge is 0.265 e. The van der Waals surface area contributed by atoms with Crippen molar-refractivity contribution in [2.45, 2.75) is 6.92 Å². The average Bonchev–Trinajstić information content (AvgIpc) is 3.04. The number of hydrogen-bond donors (Lipinski definition) is 1. The quantitative estimate of drug-likeness (QED) is 0.580. The molecule has 4 aromatic rings. The first-order valence-electron chi connectivity index (χ1n) is 8.07. The zero-order chi connectivity index (χ0) is 19.1. The Bertz CT molecular complexity index is 1370. The lowest BCUT2D eigenvalue weighted by molar-refractivity contribution is 0.628. The van der Waals surface area contributed by atoms with E-state index in [-0.39, 0.29) is 10.6 Å². The highest BCUT2D eigenvalue weighted by molar-refractivity contribution is 6.31. The second-order valence-electron chi connectivity index (χ2n) is 6.01. The first-order valence-corrected chi connectivity index (χ1v) is 8.44. The molecule has 0 bridgehead atoms. The lowest BCUT2D eigenvalue weighted by Crippen LogP contribution is -2.34. The van der Waals surface area contributed by atoms with Crippen LogP contribution in [0.4, 0.5) is 10.1 Å². The summed E-state index contributed by atoms with van der Waals surface area (Å²) in [5.74, 6) is -0.527. The van der Waals surface area contributed by atoms with Gasteiger partial charge in [0.25, 0.3) is 5.56 Å². The number of hydrogen-bond acceptors (Lipinski definition) is 4. The summed E-state index contributed by atoms with van der Waals surface area (Å²) in [4.78, 5) is 17.5. The molecule has 27 heavy (non-hydrogen) atoms. The summed E-state index contributed by atoms with van der Waals surface area (Å²) in [6.07, 6.45) is 1.50. The highest BCUT2D eigenvalue weighted by Gasteiger charge is 2.15. The largest absolute Gasteiger partial charge is 0.361 e. The van der Waals surface area contributed by atoms with Crippen LogP contribution in [0.2, 0.25) is 5.02 Å². The van der Waals surface area contributed by atoms with Crippen molar-refractivity contribution >= 4 is 40.2 Å². The molecule has 2 aromatic heterocycles. The molecule has 7 heteroatoms. The van der Waals surface area contributed by atoms with Crippen molar-refractivity contribution in [2.75, 3.05) is 5.32 Å². The molecule has 0 aliphatic rings. The number of anilines is 1. The van der Waals surface area contributed by atoms with Gasteiger partial charge in [-0.15, -0.1) is 0 Å². The molecule has 132 valence electrons. The number of nitrogens with one attached hydrogen (secondary N) is 1. The van der Waals surface area contributed by atoms with Gasteiger partial charge in [0.1, 0.15) is 11.9 Å². The highest BCUT2D eigenvalue weighted by Crippen LogP contribution is 2.20. The molecule has 2 heterocycles. The van der Waals surface area contributed by atoms with Crippen molar-refractivity contribution in [3.63, 3.8) is 0 Å². The SMILES string of the molecule is Cc1c(C#N)c2nc3ccccc3n2c(=O)/c1=C\Nc1ccc(F)c(Cl)c1. The van der Waals surface area contributed by atoms with Crippen molar-refractivity contribution in [1.29, 1.82) is 5.26 Å². The van der Waals surface area contributed by atoms with Crippen molar-refractivity contribution in [3.05, 3.63) is 80.0 Å². The molecule has 1 N–H and O–H groups in total. The Morgan fingerprint density at radius 1 is 1.30 bits per heavy atom. The third-order valence-electron chi connectivity index (χ3n) is 4.41. The van der Waals surface area contributed by atoms with Crippen LogP contribution in [0, 0.1) is 24.1 Å². The highest BCUT2D eigenvalue weighted by atomic mass is 35.5. The molecule has 0 atom stereocenters. The van der Waals surface area contributed by atoms with Crippen LogP contribution in [-0.4, -0.2) is 9.38 Å². The van der Waals surface area contributed by atoms with E-state index in [0.29, 0.717) is 38.7 Å². The van der Waals surface area contributed by atoms with Crippen LogP contribution in [0.25, 0.3) is 22.9 Å². The fourth-order valence-electron chi connectivity index (χ4n) is 3.03. The van der Waals surface area contributed by atoms with E-state index in [2.05, 4.69) is 16.4 Å². The Kier molecular flexibility index (Phi) is 4.02. The van der Waals surface area contributed by atoms with E-state index in [0.717, 1.165) is 0 Å². The summed E-state index contributed by atoms with van der Waals surface area (Å²) in [5.41, 5.74) is 2.68. The van der Waals surface area contributed by atoms with Gasteiger partial charge in [-0.2, -0.15) is 5.26 Å². The number of halogens is 2. The molecule has 0 unspecified atom stereocenters. The summed E-state index contributed by atoms with van der Waals surface area (Å²) in [5, 5.41) is 12.9. The molecule has 0 aliphatic carbocycles. The third kappa shape index (κ3) is 2.69. The monoisotopic (exact) mass is 378 g/mol. The topological polar surface area (TPSA) is 70.2 Å². The van der Waals surface area contributed by atoms with Gasteiger partial charge in [-0.25, -0.2) is 9.37 Å². The number of fused-ring (bicyclic) bond motifs is 3. The third-order valence-corrected chi connectivity index (χ3v) is 4.70. The standard InChI is InChI=1S/C20H12ClFN4O/c1-11-13(9-23)19-25-17-4-2-3-5-18(17)26(19)20(27)14(11)10-24-12-6-7-16(22)15(21)8-12/h2-8,10,24H,1H3/b14-10-. The van der Waals surface area contributed by atoms with Gasteiger partial charge in [-0.3, -0.25) is 9.20 Å². The molecular weight excluding hydrogens is 367 g/mol. The molecule has 0 spiro atoms. The first-order chi connectivity index (χ1) is 13.0. The van der Waals surface area contributed by atoms with E-state index in [1.54, 1.807) is 19.1 Å². The molecule has 0 saturated heterocycles. The number of pyridine rings is 1. The van der Waals surface area contributed by atoms with Gasteiger partial charge in [-0.05, 0) is 42.8 Å². The summed E-state index contributed by atoms with van der Waals surface area (Å²) in [6, 6.07) is 13.5. The lowest BCUT2D eigenvalue weighted by atomic mass is 10.1. The Morgan fingerprint density at radius 3 is 2.81 bits per heavy atom. The Balaban J connectivity index is 2.00. The Morgan fingerprint density at radius 2 is 2.07 bits per heavy atom. The molecule has 0 fully saturated rings. The number of imidazole rings is 1. The predicted molar refractivity (Wildman–Crippen MR) is 103 cm³/mol. The van der Waals surface area contributed by atoms with Gasteiger partial charge in [-0.1, -0.05) is 23.7 Å². The molecule has 0 amide bonds. The van der Waals surface area contributed by atoms with E-state index in [1.807, 2.05) is 12.1 Å². The lowest BCUT2D eigenvalue weighted by Gasteiger charge is -2.05. The van der Waals surface area contributed by atoms with Gasteiger partial charge in [0.05, 0.1) is 26.8 Å². The van der Waals surface area contributed by atoms with E-state index in [9.17, 15) is 14.4 Å². The average molecular weight is 379 g/mol. The summed E-state index contributed by atoms with van der Waals surface area (Å²) in [6.45, 7) is 1.70. The van der Waals surface area contributed by atoms with Crippen molar-refractivity contribution in [2.24, 2.45) is 0 Å². The molecule has 2 aromatic carbocycles. The van der Waals surface area contributed by atoms with Gasteiger partial charge >= 0.3 is 0 Å². The fraction of sp³-hybridized carbons (Fsp3) is 0.0500. The van der Waals surface area contributed by atoms with E-state index in [1.165, 1.54) is 28.8 Å². The van der Waals surface area contributed by atoms with Crippen LogP contribution in [0.5, 0.6) is 0 Å². The van der Waals surface area contributed by atoms with Gasteiger partial charge in [0.15, 0.2) is 5.65 Å². The normalized spacial score (nSPS) is 11.9. The molecule has 0 saturated carbocycles. The number of aromatic nitrogens is 2. The summed E-state index contributed by atoms with van der Waals surface area (Å²) in [7, 11) is 0. The van der Waals surface area contributed by atoms with Crippen molar-refractivity contribution < 1.29 is 4.39 Å². The van der Waals surface area contributed by atoms with E-state index >= 15 is 0 Å². The second-order valence-corrected chi connectivity index (χ2v) is 6.41. The minimum absolute atomic E-state index is 0.0266. The summed E-state index contributed by atoms with van der Waals surface area (Å²) >= 11 is 5.79. The number of rotatable bonds is 2. The van der Waals surface area contributed by atoms with Crippen molar-refractivity contribution in [1.82, 2.24) is 9.38 Å². The molecular formula is C20H12ClFN4O. The maximum Gasteiger partial charge on any atom is 0.265 e. The number of para-hydroxylation sites is 2. The van der Waals surface area contributed by atoms with Gasteiger partial charge < -0.3 is 5.32 Å². The van der Waals surface area contributed by atoms with Crippen LogP contribution in [0.1, 0.15) is 11.1 Å². The maximum atomic E-state index is 13.3. The van der Waals surface area contributed by atoms with Gasteiger partial charge in [0, 0.05) is 11.9 Å². The van der Waals surface area contributed by atoms with Crippen LogP contribution in [0.3, 0.4) is 0 Å². The van der Waals surface area contributed by atoms with Crippen LogP contribution >= 0.6 is 11.6 Å². The summed E-state index contributed by atoms with van der Waals surface area (Å²) < 4.78 is 14.7. The van der Waals surface area contributed by atoms with Crippen LogP contribution in [0.15, 0.2) is 47.3 Å². The molecule has 0 aliphatic heterocycles. The number of nitrogens with zero attached hydrogens (tertiary/aromatic N) is 3. The zero-order valence-corrected chi connectivity index (χ0v) is 14.9. The van der Waals surface area contributed by atoms with Crippen LogP contribution < -0.4 is 16.1 Å². The number of nitriles is 1. The van der Waals surface area contributed by atoms with Crippen LogP contribution in [-0.2, 0) is 0 Å². The Hall–Kier alpha value is -3.43. The minimum Gasteiger partial charge on any atom is -0.361 e. The molecule has 4 rings (SSSR count). The molecule has 0 radical (unpaired) electrons. The van der Waals surface area contributed by atoms with Crippen molar-refractivity contribution in [3.8, 4) is 6.07 Å². The fourth-order valence-corrected chi connectivity index (χ4v) is 3.21.